The zero-order chi connectivity index (χ0) is 16.7. The van der Waals surface area contributed by atoms with Crippen molar-refractivity contribution < 1.29 is 4.74 Å². The minimum Gasteiger partial charge on any atom is -0.381 e. The normalized spacial score (nSPS) is 16.4. The summed E-state index contributed by atoms with van der Waals surface area (Å²) in [4.78, 5) is 6.64. The SMILES string of the molecule is CN=C(NCc1ccc(Br)cc1C)N(C)CCC1CCOCC1. The fourth-order valence-electron chi connectivity index (χ4n) is 2.93. The zero-order valence-corrected chi connectivity index (χ0v) is 16.0. The summed E-state index contributed by atoms with van der Waals surface area (Å²) in [7, 11) is 3.96. The summed E-state index contributed by atoms with van der Waals surface area (Å²) in [6.07, 6.45) is 3.59. The van der Waals surface area contributed by atoms with Crippen LogP contribution in [-0.2, 0) is 11.3 Å². The van der Waals surface area contributed by atoms with Gasteiger partial charge in [0.15, 0.2) is 5.96 Å². The lowest BCUT2D eigenvalue weighted by molar-refractivity contribution is 0.0625. The van der Waals surface area contributed by atoms with E-state index in [0.29, 0.717) is 0 Å². The fraction of sp³-hybridized carbons (Fsp3) is 0.611. The Morgan fingerprint density at radius 2 is 2.13 bits per heavy atom. The molecule has 5 heteroatoms. The van der Waals surface area contributed by atoms with E-state index in [4.69, 9.17) is 4.74 Å². The van der Waals surface area contributed by atoms with E-state index in [2.05, 4.69) is 63.3 Å². The molecule has 1 saturated heterocycles. The van der Waals surface area contributed by atoms with Gasteiger partial charge in [-0.2, -0.15) is 0 Å². The minimum atomic E-state index is 0.790. The van der Waals surface area contributed by atoms with Crippen molar-refractivity contribution in [1.82, 2.24) is 10.2 Å². The van der Waals surface area contributed by atoms with Crippen molar-refractivity contribution in [3.63, 3.8) is 0 Å². The average molecular weight is 382 g/mol. The summed E-state index contributed by atoms with van der Waals surface area (Å²) in [5.41, 5.74) is 2.58. The van der Waals surface area contributed by atoms with Crippen molar-refractivity contribution in [3.05, 3.63) is 33.8 Å². The first-order chi connectivity index (χ1) is 11.1. The van der Waals surface area contributed by atoms with Gasteiger partial charge in [-0.1, -0.05) is 22.0 Å². The van der Waals surface area contributed by atoms with E-state index in [1.54, 1.807) is 0 Å². The van der Waals surface area contributed by atoms with E-state index in [-0.39, 0.29) is 0 Å². The highest BCUT2D eigenvalue weighted by molar-refractivity contribution is 9.10. The molecule has 1 aromatic rings. The number of nitrogens with zero attached hydrogens (tertiary/aromatic N) is 2. The number of benzene rings is 1. The summed E-state index contributed by atoms with van der Waals surface area (Å²) < 4.78 is 6.55. The third-order valence-electron chi connectivity index (χ3n) is 4.53. The van der Waals surface area contributed by atoms with Gasteiger partial charge >= 0.3 is 0 Å². The highest BCUT2D eigenvalue weighted by Crippen LogP contribution is 2.19. The molecule has 0 radical (unpaired) electrons. The average Bonchev–Trinajstić information content (AvgIpc) is 2.56. The van der Waals surface area contributed by atoms with Gasteiger partial charge in [0.2, 0.25) is 0 Å². The second-order valence-electron chi connectivity index (χ2n) is 6.24. The first kappa shape index (κ1) is 18.3. The molecule has 0 amide bonds. The van der Waals surface area contributed by atoms with E-state index in [1.807, 2.05) is 7.05 Å². The molecule has 0 bridgehead atoms. The Morgan fingerprint density at radius 1 is 1.39 bits per heavy atom. The minimum absolute atomic E-state index is 0.790. The topological polar surface area (TPSA) is 36.9 Å². The van der Waals surface area contributed by atoms with Crippen LogP contribution >= 0.6 is 15.9 Å². The van der Waals surface area contributed by atoms with Crippen LogP contribution in [0, 0.1) is 12.8 Å². The van der Waals surface area contributed by atoms with Crippen LogP contribution < -0.4 is 5.32 Å². The second-order valence-corrected chi connectivity index (χ2v) is 7.15. The molecular formula is C18H28BrN3O. The molecule has 128 valence electrons. The number of guanidine groups is 1. The van der Waals surface area contributed by atoms with Crippen LogP contribution in [0.25, 0.3) is 0 Å². The van der Waals surface area contributed by atoms with Crippen LogP contribution in [0.15, 0.2) is 27.7 Å². The lowest BCUT2D eigenvalue weighted by Gasteiger charge is -2.27. The van der Waals surface area contributed by atoms with E-state index in [0.717, 1.165) is 42.7 Å². The predicted molar refractivity (Wildman–Crippen MR) is 99.9 cm³/mol. The number of hydrogen-bond donors (Lipinski definition) is 1. The first-order valence-corrected chi connectivity index (χ1v) is 9.14. The van der Waals surface area contributed by atoms with Crippen molar-refractivity contribution in [2.75, 3.05) is 33.9 Å². The number of aryl methyl sites for hydroxylation is 1. The van der Waals surface area contributed by atoms with Crippen LogP contribution in [0.3, 0.4) is 0 Å². The number of ether oxygens (including phenoxy) is 1. The molecule has 0 saturated carbocycles. The Bertz CT molecular complexity index is 527. The summed E-state index contributed by atoms with van der Waals surface area (Å²) in [6.45, 7) is 5.81. The monoisotopic (exact) mass is 381 g/mol. The quantitative estimate of drug-likeness (QED) is 0.625. The van der Waals surface area contributed by atoms with E-state index >= 15 is 0 Å². The Balaban J connectivity index is 1.81. The number of halogens is 1. The van der Waals surface area contributed by atoms with Crippen molar-refractivity contribution in [2.24, 2.45) is 10.9 Å². The molecule has 1 N–H and O–H groups in total. The molecule has 1 aromatic carbocycles. The van der Waals surface area contributed by atoms with Crippen LogP contribution in [0.5, 0.6) is 0 Å². The van der Waals surface area contributed by atoms with Crippen LogP contribution in [0.1, 0.15) is 30.4 Å². The van der Waals surface area contributed by atoms with Gasteiger partial charge in [0.05, 0.1) is 0 Å². The molecule has 4 nitrogen and oxygen atoms in total. The van der Waals surface area contributed by atoms with E-state index < -0.39 is 0 Å². The molecule has 1 aliphatic rings. The fourth-order valence-corrected chi connectivity index (χ4v) is 3.41. The van der Waals surface area contributed by atoms with E-state index in [9.17, 15) is 0 Å². The van der Waals surface area contributed by atoms with Crippen LogP contribution in [0.4, 0.5) is 0 Å². The maximum absolute atomic E-state index is 5.43. The summed E-state index contributed by atoms with van der Waals surface area (Å²) in [6, 6.07) is 6.39. The summed E-state index contributed by atoms with van der Waals surface area (Å²) in [5, 5.41) is 3.47. The molecule has 1 fully saturated rings. The van der Waals surface area contributed by atoms with Crippen molar-refractivity contribution in [2.45, 2.75) is 32.7 Å². The van der Waals surface area contributed by atoms with Gasteiger partial charge in [0, 0.05) is 44.9 Å². The smallest absolute Gasteiger partial charge is 0.193 e. The lowest BCUT2D eigenvalue weighted by Crippen LogP contribution is -2.39. The Labute approximate surface area is 148 Å². The molecule has 0 spiro atoms. The van der Waals surface area contributed by atoms with Gasteiger partial charge in [-0.05, 0) is 55.4 Å². The van der Waals surface area contributed by atoms with Gasteiger partial charge in [-0.25, -0.2) is 0 Å². The zero-order valence-electron chi connectivity index (χ0n) is 14.4. The third kappa shape index (κ3) is 5.81. The molecule has 0 atom stereocenters. The molecule has 0 aliphatic carbocycles. The maximum atomic E-state index is 5.43. The molecule has 23 heavy (non-hydrogen) atoms. The predicted octanol–water partition coefficient (Wildman–Crippen LogP) is 3.58. The van der Waals surface area contributed by atoms with Gasteiger partial charge in [0.25, 0.3) is 0 Å². The highest BCUT2D eigenvalue weighted by Gasteiger charge is 2.15. The number of rotatable bonds is 5. The molecule has 1 aliphatic heterocycles. The van der Waals surface area contributed by atoms with Crippen molar-refractivity contribution >= 4 is 21.9 Å². The standard InChI is InChI=1S/C18H28BrN3O/c1-14-12-17(19)5-4-16(14)13-21-18(20-2)22(3)9-6-15-7-10-23-11-8-15/h4-5,12,15H,6-11,13H2,1-3H3,(H,20,21). The molecule has 0 unspecified atom stereocenters. The molecule has 2 rings (SSSR count). The van der Waals surface area contributed by atoms with E-state index in [1.165, 1.54) is 30.4 Å². The molecular weight excluding hydrogens is 354 g/mol. The van der Waals surface area contributed by atoms with Crippen molar-refractivity contribution in [3.8, 4) is 0 Å². The lowest BCUT2D eigenvalue weighted by atomic mass is 9.96. The van der Waals surface area contributed by atoms with Crippen LogP contribution in [0.2, 0.25) is 0 Å². The largest absolute Gasteiger partial charge is 0.381 e. The van der Waals surface area contributed by atoms with Gasteiger partial charge in [0.1, 0.15) is 0 Å². The summed E-state index contributed by atoms with van der Waals surface area (Å²) >= 11 is 3.51. The molecule has 1 heterocycles. The van der Waals surface area contributed by atoms with Gasteiger partial charge < -0.3 is 15.0 Å². The first-order valence-electron chi connectivity index (χ1n) is 8.34. The summed E-state index contributed by atoms with van der Waals surface area (Å²) in [5.74, 6) is 1.75. The Hall–Kier alpha value is -1.07. The third-order valence-corrected chi connectivity index (χ3v) is 5.02. The van der Waals surface area contributed by atoms with Gasteiger partial charge in [-0.15, -0.1) is 0 Å². The number of nitrogens with one attached hydrogen (secondary N) is 1. The van der Waals surface area contributed by atoms with Gasteiger partial charge in [-0.3, -0.25) is 4.99 Å². The number of aliphatic imine (C=N–C) groups is 1. The van der Waals surface area contributed by atoms with Crippen molar-refractivity contribution in [1.29, 1.82) is 0 Å². The highest BCUT2D eigenvalue weighted by atomic mass is 79.9. The number of hydrogen-bond acceptors (Lipinski definition) is 2. The Kier molecular flexibility index (Phi) is 7.37. The maximum Gasteiger partial charge on any atom is 0.193 e. The second kappa shape index (κ2) is 9.28. The Morgan fingerprint density at radius 3 is 2.78 bits per heavy atom. The van der Waals surface area contributed by atoms with Crippen LogP contribution in [-0.4, -0.2) is 44.7 Å². The molecule has 0 aromatic heterocycles.